The first kappa shape index (κ1) is 10.6. The van der Waals surface area contributed by atoms with Crippen LogP contribution >= 0.6 is 0 Å². The lowest BCUT2D eigenvalue weighted by Gasteiger charge is -1.99. The summed E-state index contributed by atoms with van der Waals surface area (Å²) in [7, 11) is 0. The predicted molar refractivity (Wildman–Crippen MR) is 73.2 cm³/mol. The van der Waals surface area contributed by atoms with E-state index in [1.165, 1.54) is 0 Å². The van der Waals surface area contributed by atoms with Crippen LogP contribution in [-0.4, -0.2) is 16.2 Å². The van der Waals surface area contributed by atoms with Gasteiger partial charge in [0.1, 0.15) is 0 Å². The third-order valence-corrected chi connectivity index (χ3v) is 2.67. The molecule has 0 spiro atoms. The van der Waals surface area contributed by atoms with Crippen molar-refractivity contribution in [3.8, 4) is 0 Å². The average molecular weight is 233 g/mol. The summed E-state index contributed by atoms with van der Waals surface area (Å²) in [5.41, 5.74) is 0.860. The molecule has 18 heavy (non-hydrogen) atoms. The molecule has 2 aromatic heterocycles. The smallest absolute Gasteiger partial charge is 0.151 e. The van der Waals surface area contributed by atoms with Crippen molar-refractivity contribution < 1.29 is 0 Å². The van der Waals surface area contributed by atoms with Crippen LogP contribution in [0.15, 0.2) is 65.9 Å². The standard InChI is InChI=1S/C15H11N3/c1-2-6-13-12(5-1)8-10-16-14(13)11-18-15-7-3-4-9-17-15/h1-11H. The SMILES string of the molecule is C(=Nc1ccccn1)c1nccc2ccccc12. The molecule has 0 N–H and O–H groups in total. The number of rotatable bonds is 2. The van der Waals surface area contributed by atoms with E-state index >= 15 is 0 Å². The second-order valence-corrected chi connectivity index (χ2v) is 3.86. The van der Waals surface area contributed by atoms with E-state index in [0.717, 1.165) is 16.5 Å². The van der Waals surface area contributed by atoms with Gasteiger partial charge in [0.25, 0.3) is 0 Å². The van der Waals surface area contributed by atoms with Gasteiger partial charge in [0.15, 0.2) is 5.82 Å². The third-order valence-electron chi connectivity index (χ3n) is 2.67. The molecule has 0 bridgehead atoms. The second-order valence-electron chi connectivity index (χ2n) is 3.86. The largest absolute Gasteiger partial charge is 0.255 e. The van der Waals surface area contributed by atoms with E-state index in [1.54, 1.807) is 18.6 Å². The van der Waals surface area contributed by atoms with E-state index < -0.39 is 0 Å². The maximum Gasteiger partial charge on any atom is 0.151 e. The lowest BCUT2D eigenvalue weighted by Crippen LogP contribution is -1.88. The number of aromatic nitrogens is 2. The first-order chi connectivity index (χ1) is 8.93. The molecule has 3 rings (SSSR count). The van der Waals surface area contributed by atoms with Gasteiger partial charge in [-0.3, -0.25) is 4.98 Å². The lowest BCUT2D eigenvalue weighted by atomic mass is 10.1. The van der Waals surface area contributed by atoms with Crippen LogP contribution in [0.2, 0.25) is 0 Å². The van der Waals surface area contributed by atoms with Gasteiger partial charge >= 0.3 is 0 Å². The Morgan fingerprint density at radius 2 is 1.72 bits per heavy atom. The van der Waals surface area contributed by atoms with Crippen molar-refractivity contribution in [1.29, 1.82) is 0 Å². The molecular formula is C15H11N3. The van der Waals surface area contributed by atoms with Gasteiger partial charge in [-0.2, -0.15) is 0 Å². The summed E-state index contributed by atoms with van der Waals surface area (Å²) < 4.78 is 0. The zero-order chi connectivity index (χ0) is 12.2. The number of hydrogen-bond acceptors (Lipinski definition) is 3. The number of fused-ring (bicyclic) bond motifs is 1. The highest BCUT2D eigenvalue weighted by atomic mass is 14.9. The minimum atomic E-state index is 0.687. The fraction of sp³-hybridized carbons (Fsp3) is 0. The second kappa shape index (κ2) is 4.75. The molecule has 0 aliphatic carbocycles. The normalized spacial score (nSPS) is 11.1. The van der Waals surface area contributed by atoms with E-state index in [0.29, 0.717) is 5.82 Å². The summed E-state index contributed by atoms with van der Waals surface area (Å²) in [6.07, 6.45) is 5.27. The van der Waals surface area contributed by atoms with Crippen molar-refractivity contribution in [2.45, 2.75) is 0 Å². The molecule has 0 amide bonds. The molecule has 3 aromatic rings. The first-order valence-corrected chi connectivity index (χ1v) is 5.72. The Balaban J connectivity index is 2.03. The molecule has 0 saturated heterocycles. The van der Waals surface area contributed by atoms with Crippen LogP contribution in [0.25, 0.3) is 10.8 Å². The van der Waals surface area contributed by atoms with Crippen molar-refractivity contribution in [3.05, 3.63) is 66.6 Å². The Kier molecular flexibility index (Phi) is 2.80. The summed E-state index contributed by atoms with van der Waals surface area (Å²) in [4.78, 5) is 12.8. The Labute approximate surface area is 105 Å². The van der Waals surface area contributed by atoms with Crippen molar-refractivity contribution in [3.63, 3.8) is 0 Å². The molecule has 86 valence electrons. The summed E-state index contributed by atoms with van der Waals surface area (Å²) in [5.74, 6) is 0.687. The molecule has 1 aromatic carbocycles. The maximum atomic E-state index is 4.34. The molecule has 0 aliphatic rings. The summed E-state index contributed by atoms with van der Waals surface area (Å²) in [6, 6.07) is 15.8. The number of pyridine rings is 2. The van der Waals surface area contributed by atoms with E-state index in [4.69, 9.17) is 0 Å². The Hall–Kier alpha value is -2.55. The van der Waals surface area contributed by atoms with Crippen LogP contribution in [0.4, 0.5) is 5.82 Å². The zero-order valence-electron chi connectivity index (χ0n) is 9.69. The van der Waals surface area contributed by atoms with Crippen LogP contribution < -0.4 is 0 Å². The van der Waals surface area contributed by atoms with Crippen LogP contribution in [0, 0.1) is 0 Å². The minimum absolute atomic E-state index is 0.687. The molecule has 0 radical (unpaired) electrons. The van der Waals surface area contributed by atoms with Crippen LogP contribution in [0.3, 0.4) is 0 Å². The molecule has 0 unspecified atom stereocenters. The Morgan fingerprint density at radius 3 is 2.61 bits per heavy atom. The van der Waals surface area contributed by atoms with Gasteiger partial charge in [-0.05, 0) is 23.6 Å². The monoisotopic (exact) mass is 233 g/mol. The molecule has 2 heterocycles. The zero-order valence-corrected chi connectivity index (χ0v) is 9.69. The number of hydrogen-bond donors (Lipinski definition) is 0. The third kappa shape index (κ3) is 2.11. The van der Waals surface area contributed by atoms with E-state index in [9.17, 15) is 0 Å². The van der Waals surface area contributed by atoms with Crippen molar-refractivity contribution in [1.82, 2.24) is 9.97 Å². The molecular weight excluding hydrogens is 222 g/mol. The highest BCUT2D eigenvalue weighted by Gasteiger charge is 1.98. The topological polar surface area (TPSA) is 38.1 Å². The van der Waals surface area contributed by atoms with Gasteiger partial charge in [-0.25, -0.2) is 9.98 Å². The van der Waals surface area contributed by atoms with Crippen molar-refractivity contribution in [2.24, 2.45) is 4.99 Å². The van der Waals surface area contributed by atoms with Crippen LogP contribution in [-0.2, 0) is 0 Å². The van der Waals surface area contributed by atoms with Gasteiger partial charge in [0.05, 0.1) is 11.9 Å². The van der Waals surface area contributed by atoms with E-state index in [-0.39, 0.29) is 0 Å². The van der Waals surface area contributed by atoms with Crippen molar-refractivity contribution in [2.75, 3.05) is 0 Å². The van der Waals surface area contributed by atoms with Gasteiger partial charge in [-0.1, -0.05) is 30.3 Å². The molecule has 0 aliphatic heterocycles. The predicted octanol–water partition coefficient (Wildman–Crippen LogP) is 3.38. The number of aliphatic imine (C=N–C) groups is 1. The van der Waals surface area contributed by atoms with Gasteiger partial charge in [0.2, 0.25) is 0 Å². The Bertz CT molecular complexity index is 685. The van der Waals surface area contributed by atoms with Crippen LogP contribution in [0.1, 0.15) is 5.69 Å². The fourth-order valence-corrected chi connectivity index (χ4v) is 1.80. The molecule has 3 heteroatoms. The molecule has 3 nitrogen and oxygen atoms in total. The summed E-state index contributed by atoms with van der Waals surface area (Å²) in [6.45, 7) is 0. The lowest BCUT2D eigenvalue weighted by molar-refractivity contribution is 1.27. The van der Waals surface area contributed by atoms with Gasteiger partial charge in [-0.15, -0.1) is 0 Å². The van der Waals surface area contributed by atoms with E-state index in [2.05, 4.69) is 21.0 Å². The Morgan fingerprint density at radius 1 is 0.833 bits per heavy atom. The van der Waals surface area contributed by atoms with E-state index in [1.807, 2.05) is 42.5 Å². The van der Waals surface area contributed by atoms with Crippen LogP contribution in [0.5, 0.6) is 0 Å². The summed E-state index contributed by atoms with van der Waals surface area (Å²) in [5, 5.41) is 2.26. The fourth-order valence-electron chi connectivity index (χ4n) is 1.80. The number of nitrogens with zero attached hydrogens (tertiary/aromatic N) is 3. The minimum Gasteiger partial charge on any atom is -0.255 e. The highest BCUT2D eigenvalue weighted by molar-refractivity contribution is 5.98. The molecule has 0 fully saturated rings. The average Bonchev–Trinajstić information content (AvgIpc) is 2.46. The van der Waals surface area contributed by atoms with Gasteiger partial charge < -0.3 is 0 Å². The first-order valence-electron chi connectivity index (χ1n) is 5.72. The summed E-state index contributed by atoms with van der Waals surface area (Å²) >= 11 is 0. The van der Waals surface area contributed by atoms with Gasteiger partial charge in [0, 0.05) is 17.8 Å². The quantitative estimate of drug-likeness (QED) is 0.636. The number of benzene rings is 1. The van der Waals surface area contributed by atoms with Crippen molar-refractivity contribution >= 4 is 22.8 Å². The molecule has 0 saturated carbocycles. The highest BCUT2D eigenvalue weighted by Crippen LogP contribution is 2.15. The molecule has 0 atom stereocenters. The maximum absolute atomic E-state index is 4.34.